The summed E-state index contributed by atoms with van der Waals surface area (Å²) in [5.41, 5.74) is 6.44. The summed E-state index contributed by atoms with van der Waals surface area (Å²) in [6.45, 7) is 1.29. The zero-order valence-corrected chi connectivity index (χ0v) is 10.3. The Morgan fingerprint density at radius 1 is 1.60 bits per heavy atom. The first kappa shape index (κ1) is 10.8. The number of halogens is 1. The van der Waals surface area contributed by atoms with Crippen LogP contribution in [0.4, 0.5) is 5.69 Å². The maximum Gasteiger partial charge on any atom is 0.227 e. The number of nitrogens with zero attached hydrogens (tertiary/aromatic N) is 2. The van der Waals surface area contributed by atoms with Crippen molar-refractivity contribution in [2.45, 2.75) is 6.42 Å². The molecule has 0 radical (unpaired) electrons. The Bertz CT molecular complexity index is 365. The lowest BCUT2D eigenvalue weighted by Crippen LogP contribution is -2.25. The molecule has 1 aromatic rings. The number of hydrogen-bond acceptors (Lipinski definition) is 3. The van der Waals surface area contributed by atoms with Crippen molar-refractivity contribution >= 4 is 34.2 Å². The normalized spacial score (nSPS) is 21.1. The number of anilines is 1. The topological polar surface area (TPSA) is 59.2 Å². The van der Waals surface area contributed by atoms with E-state index in [9.17, 15) is 4.79 Å². The second-order valence-corrected chi connectivity index (χ2v) is 4.75. The average molecular weight is 317 g/mol. The lowest BCUT2D eigenvalue weighted by molar-refractivity contribution is -0.117. The molecule has 2 heterocycles. The molecule has 1 fully saturated rings. The van der Waals surface area contributed by atoms with E-state index >= 15 is 0 Å². The van der Waals surface area contributed by atoms with E-state index < -0.39 is 0 Å². The minimum Gasteiger partial charge on any atom is -0.330 e. The molecule has 0 bridgehead atoms. The number of aromatic nitrogens is 1. The molecular weight excluding hydrogens is 305 g/mol. The third-order valence-electron chi connectivity index (χ3n) is 2.56. The lowest BCUT2D eigenvalue weighted by atomic mass is 10.1. The van der Waals surface area contributed by atoms with Crippen LogP contribution in [0.2, 0.25) is 0 Å². The van der Waals surface area contributed by atoms with Gasteiger partial charge in [-0.15, -0.1) is 0 Å². The van der Waals surface area contributed by atoms with Gasteiger partial charge in [-0.3, -0.25) is 4.79 Å². The van der Waals surface area contributed by atoms with E-state index in [1.165, 1.54) is 0 Å². The van der Waals surface area contributed by atoms with E-state index in [1.807, 2.05) is 12.1 Å². The van der Waals surface area contributed by atoms with Crippen LogP contribution in [0.25, 0.3) is 0 Å². The fourth-order valence-corrected chi connectivity index (χ4v) is 2.04. The van der Waals surface area contributed by atoms with Gasteiger partial charge >= 0.3 is 0 Å². The van der Waals surface area contributed by atoms with Gasteiger partial charge in [0.15, 0.2) is 0 Å². The van der Waals surface area contributed by atoms with Crippen molar-refractivity contribution < 1.29 is 4.79 Å². The summed E-state index contributed by atoms with van der Waals surface area (Å²) in [5.74, 6) is 0.435. The van der Waals surface area contributed by atoms with Gasteiger partial charge in [0.05, 0.1) is 11.9 Å². The Kier molecular flexibility index (Phi) is 3.20. The molecule has 2 N–H and O–H groups in total. The van der Waals surface area contributed by atoms with E-state index in [0.717, 1.165) is 15.9 Å². The average Bonchev–Trinajstić information content (AvgIpc) is 2.61. The van der Waals surface area contributed by atoms with Gasteiger partial charge in [-0.1, -0.05) is 0 Å². The fraction of sp³-hybridized carbons (Fsp3) is 0.400. The first-order chi connectivity index (χ1) is 7.20. The summed E-state index contributed by atoms with van der Waals surface area (Å²) in [7, 11) is 0. The number of pyridine rings is 1. The minimum absolute atomic E-state index is 0.147. The SMILES string of the molecule is NCC1CC(=O)N(c2ccc(I)nc2)C1. The highest BCUT2D eigenvalue weighted by Crippen LogP contribution is 2.23. The molecule has 4 nitrogen and oxygen atoms in total. The highest BCUT2D eigenvalue weighted by atomic mass is 127. The van der Waals surface area contributed by atoms with Gasteiger partial charge in [0.1, 0.15) is 3.70 Å². The molecule has 0 aliphatic carbocycles. The van der Waals surface area contributed by atoms with Gasteiger partial charge < -0.3 is 10.6 Å². The summed E-state index contributed by atoms with van der Waals surface area (Å²) in [6, 6.07) is 3.82. The predicted octanol–water partition coefficient (Wildman–Crippen LogP) is 0.998. The highest BCUT2D eigenvalue weighted by Gasteiger charge is 2.29. The smallest absolute Gasteiger partial charge is 0.227 e. The lowest BCUT2D eigenvalue weighted by Gasteiger charge is -2.15. The molecule has 1 aliphatic heterocycles. The number of amides is 1. The highest BCUT2D eigenvalue weighted by molar-refractivity contribution is 14.1. The standard InChI is InChI=1S/C10H12IN3O/c11-9-2-1-8(5-13-9)14-6-7(4-12)3-10(14)15/h1-2,5,7H,3-4,6,12H2. The van der Waals surface area contributed by atoms with Crippen molar-refractivity contribution in [1.82, 2.24) is 4.98 Å². The molecule has 1 aliphatic rings. The Hall–Kier alpha value is -0.690. The summed E-state index contributed by atoms with van der Waals surface area (Å²) in [6.07, 6.45) is 2.29. The van der Waals surface area contributed by atoms with Crippen LogP contribution in [0.15, 0.2) is 18.3 Å². The molecule has 0 aromatic carbocycles. The molecule has 5 heteroatoms. The Morgan fingerprint density at radius 2 is 2.40 bits per heavy atom. The summed E-state index contributed by atoms with van der Waals surface area (Å²) in [4.78, 5) is 17.6. The van der Waals surface area contributed by atoms with Crippen molar-refractivity contribution in [3.05, 3.63) is 22.0 Å². The van der Waals surface area contributed by atoms with Crippen LogP contribution >= 0.6 is 22.6 Å². The van der Waals surface area contributed by atoms with Crippen molar-refractivity contribution in [3.8, 4) is 0 Å². The van der Waals surface area contributed by atoms with Crippen molar-refractivity contribution in [3.63, 3.8) is 0 Å². The monoisotopic (exact) mass is 317 g/mol. The Labute approximate surface area is 102 Å². The minimum atomic E-state index is 0.147. The molecule has 1 unspecified atom stereocenters. The molecule has 1 aromatic heterocycles. The van der Waals surface area contributed by atoms with Crippen LogP contribution in [-0.2, 0) is 4.79 Å². The van der Waals surface area contributed by atoms with Gasteiger partial charge in [-0.25, -0.2) is 4.98 Å². The number of nitrogens with two attached hydrogens (primary N) is 1. The molecule has 0 saturated carbocycles. The Balaban J connectivity index is 2.18. The molecule has 1 amide bonds. The quantitative estimate of drug-likeness (QED) is 0.654. The second-order valence-electron chi connectivity index (χ2n) is 3.65. The molecule has 15 heavy (non-hydrogen) atoms. The third-order valence-corrected chi connectivity index (χ3v) is 3.20. The van der Waals surface area contributed by atoms with Crippen molar-refractivity contribution in [2.24, 2.45) is 11.7 Å². The third kappa shape index (κ3) is 2.28. The first-order valence-corrected chi connectivity index (χ1v) is 5.90. The molecule has 2 rings (SSSR count). The predicted molar refractivity (Wildman–Crippen MR) is 66.5 cm³/mol. The Morgan fingerprint density at radius 3 is 2.93 bits per heavy atom. The van der Waals surface area contributed by atoms with Crippen molar-refractivity contribution in [2.75, 3.05) is 18.0 Å². The second kappa shape index (κ2) is 4.44. The van der Waals surface area contributed by atoms with Gasteiger partial charge in [-0.05, 0) is 47.2 Å². The van der Waals surface area contributed by atoms with E-state index in [-0.39, 0.29) is 11.8 Å². The van der Waals surface area contributed by atoms with E-state index in [0.29, 0.717) is 13.0 Å². The van der Waals surface area contributed by atoms with Crippen LogP contribution in [0.3, 0.4) is 0 Å². The zero-order chi connectivity index (χ0) is 10.8. The number of carbonyl (C=O) groups excluding carboxylic acids is 1. The molecule has 80 valence electrons. The maximum atomic E-state index is 11.7. The summed E-state index contributed by atoms with van der Waals surface area (Å²) < 4.78 is 0.929. The van der Waals surface area contributed by atoms with E-state index in [1.54, 1.807) is 11.1 Å². The maximum absolute atomic E-state index is 11.7. The largest absolute Gasteiger partial charge is 0.330 e. The van der Waals surface area contributed by atoms with Crippen LogP contribution in [0.1, 0.15) is 6.42 Å². The van der Waals surface area contributed by atoms with Crippen LogP contribution in [0.5, 0.6) is 0 Å². The van der Waals surface area contributed by atoms with Crippen LogP contribution in [0, 0.1) is 9.62 Å². The molecule has 1 saturated heterocycles. The van der Waals surface area contributed by atoms with Gasteiger partial charge in [-0.2, -0.15) is 0 Å². The molecule has 1 atom stereocenters. The van der Waals surface area contributed by atoms with E-state index in [4.69, 9.17) is 5.73 Å². The van der Waals surface area contributed by atoms with Crippen LogP contribution in [-0.4, -0.2) is 24.0 Å². The number of rotatable bonds is 2. The molecular formula is C10H12IN3O. The summed E-state index contributed by atoms with van der Waals surface area (Å²) in [5, 5.41) is 0. The number of hydrogen-bond donors (Lipinski definition) is 1. The fourth-order valence-electron chi connectivity index (χ4n) is 1.72. The van der Waals surface area contributed by atoms with Gasteiger partial charge in [0, 0.05) is 13.0 Å². The number of carbonyl (C=O) groups is 1. The van der Waals surface area contributed by atoms with Crippen molar-refractivity contribution in [1.29, 1.82) is 0 Å². The first-order valence-electron chi connectivity index (χ1n) is 4.82. The van der Waals surface area contributed by atoms with Crippen LogP contribution < -0.4 is 10.6 Å². The zero-order valence-electron chi connectivity index (χ0n) is 8.19. The van der Waals surface area contributed by atoms with Gasteiger partial charge in [0.25, 0.3) is 0 Å². The molecule has 0 spiro atoms. The van der Waals surface area contributed by atoms with E-state index in [2.05, 4.69) is 27.6 Å². The van der Waals surface area contributed by atoms with Gasteiger partial charge in [0.2, 0.25) is 5.91 Å². The summed E-state index contributed by atoms with van der Waals surface area (Å²) >= 11 is 2.14.